The van der Waals surface area contributed by atoms with Crippen LogP contribution in [0.5, 0.6) is 0 Å². The van der Waals surface area contributed by atoms with Crippen molar-refractivity contribution in [2.75, 3.05) is 52.9 Å². The van der Waals surface area contributed by atoms with E-state index in [9.17, 15) is 0 Å². The fourth-order valence-corrected chi connectivity index (χ4v) is 3.80. The van der Waals surface area contributed by atoms with Crippen molar-refractivity contribution in [3.05, 3.63) is 0 Å². The first-order valence-electron chi connectivity index (χ1n) is 9.13. The zero-order chi connectivity index (χ0) is 15.8. The van der Waals surface area contributed by atoms with E-state index < -0.39 is 0 Å². The maximum Gasteiger partial charge on any atom is 0.191 e. The molecule has 0 spiro atoms. The number of aliphatic imine (C=N–C) groups is 1. The van der Waals surface area contributed by atoms with Gasteiger partial charge in [0.15, 0.2) is 5.96 Å². The lowest BCUT2D eigenvalue weighted by atomic mass is 10.0. The van der Waals surface area contributed by atoms with E-state index in [0.717, 1.165) is 38.1 Å². The molecule has 2 heterocycles. The Morgan fingerprint density at radius 3 is 2.65 bits per heavy atom. The number of likely N-dealkylation sites (tertiary alicyclic amines) is 2. The van der Waals surface area contributed by atoms with Gasteiger partial charge < -0.3 is 15.5 Å². The molecule has 0 radical (unpaired) electrons. The number of halogens is 1. The minimum Gasteiger partial charge on any atom is -0.355 e. The Balaban J connectivity index is 0.00000264. The van der Waals surface area contributed by atoms with Crippen LogP contribution in [0, 0.1) is 5.92 Å². The van der Waals surface area contributed by atoms with Crippen LogP contribution in [0.15, 0.2) is 4.99 Å². The summed E-state index contributed by atoms with van der Waals surface area (Å²) in [6, 6.07) is 0.673. The van der Waals surface area contributed by atoms with Crippen molar-refractivity contribution >= 4 is 29.9 Å². The van der Waals surface area contributed by atoms with E-state index in [1.165, 1.54) is 45.3 Å². The maximum absolute atomic E-state index is 4.35. The third-order valence-electron chi connectivity index (χ3n) is 5.10. The molecule has 0 aliphatic carbocycles. The molecule has 2 rings (SSSR count). The van der Waals surface area contributed by atoms with Crippen molar-refractivity contribution in [2.24, 2.45) is 10.9 Å². The Bertz CT molecular complexity index is 350. The van der Waals surface area contributed by atoms with Crippen molar-refractivity contribution < 1.29 is 0 Å². The second-order valence-electron chi connectivity index (χ2n) is 6.85. The zero-order valence-corrected chi connectivity index (χ0v) is 17.5. The minimum absolute atomic E-state index is 0. The van der Waals surface area contributed by atoms with Crippen LogP contribution in [0.3, 0.4) is 0 Å². The Kier molecular flexibility index (Phi) is 10.5. The van der Waals surface area contributed by atoms with Crippen LogP contribution in [0.4, 0.5) is 0 Å². The lowest BCUT2D eigenvalue weighted by Crippen LogP contribution is -2.47. The van der Waals surface area contributed by atoms with Gasteiger partial charge in [0.1, 0.15) is 0 Å². The van der Waals surface area contributed by atoms with E-state index in [2.05, 4.69) is 39.3 Å². The molecule has 2 aliphatic rings. The van der Waals surface area contributed by atoms with Gasteiger partial charge in [0, 0.05) is 39.3 Å². The summed E-state index contributed by atoms with van der Waals surface area (Å²) in [5.41, 5.74) is 0. The molecule has 2 saturated heterocycles. The molecule has 136 valence electrons. The van der Waals surface area contributed by atoms with Gasteiger partial charge in [-0.3, -0.25) is 9.89 Å². The number of likely N-dealkylation sites (N-methyl/N-ethyl adjacent to an activating group) is 1. The second kappa shape index (κ2) is 11.5. The monoisotopic (exact) mass is 437 g/mol. The molecule has 0 aromatic heterocycles. The van der Waals surface area contributed by atoms with E-state index in [1.807, 2.05) is 7.05 Å². The Labute approximate surface area is 159 Å². The molecule has 6 heteroatoms. The van der Waals surface area contributed by atoms with Gasteiger partial charge in [-0.2, -0.15) is 0 Å². The Morgan fingerprint density at radius 1 is 1.17 bits per heavy atom. The summed E-state index contributed by atoms with van der Waals surface area (Å²) in [5.74, 6) is 1.81. The topological polar surface area (TPSA) is 42.9 Å². The molecule has 0 aromatic carbocycles. The summed E-state index contributed by atoms with van der Waals surface area (Å²) in [5, 5.41) is 6.97. The number of nitrogens with one attached hydrogen (secondary N) is 2. The van der Waals surface area contributed by atoms with Crippen LogP contribution in [0.25, 0.3) is 0 Å². The molecule has 0 amide bonds. The first-order chi connectivity index (χ1) is 10.7. The summed E-state index contributed by atoms with van der Waals surface area (Å²) in [6.07, 6.45) is 5.38. The maximum atomic E-state index is 4.35. The van der Waals surface area contributed by atoms with E-state index in [4.69, 9.17) is 0 Å². The summed E-state index contributed by atoms with van der Waals surface area (Å²) < 4.78 is 0. The van der Waals surface area contributed by atoms with Crippen molar-refractivity contribution in [3.8, 4) is 0 Å². The quantitative estimate of drug-likeness (QED) is 0.379. The van der Waals surface area contributed by atoms with Gasteiger partial charge in [-0.05, 0) is 51.2 Å². The highest BCUT2D eigenvalue weighted by Crippen LogP contribution is 2.15. The number of hydrogen-bond acceptors (Lipinski definition) is 3. The van der Waals surface area contributed by atoms with E-state index in [0.29, 0.717) is 6.04 Å². The molecule has 0 saturated carbocycles. The molecule has 2 fully saturated rings. The number of nitrogens with zero attached hydrogens (tertiary/aromatic N) is 3. The third kappa shape index (κ3) is 7.13. The lowest BCUT2D eigenvalue weighted by Gasteiger charge is -2.31. The van der Waals surface area contributed by atoms with E-state index in [-0.39, 0.29) is 24.0 Å². The summed E-state index contributed by atoms with van der Waals surface area (Å²) in [6.45, 7) is 12.6. The molecule has 0 aromatic rings. The summed E-state index contributed by atoms with van der Waals surface area (Å²) in [4.78, 5) is 9.49. The van der Waals surface area contributed by atoms with Gasteiger partial charge in [-0.1, -0.05) is 13.8 Å². The van der Waals surface area contributed by atoms with Gasteiger partial charge in [-0.25, -0.2) is 0 Å². The normalized spacial score (nSPS) is 26.8. The van der Waals surface area contributed by atoms with Crippen LogP contribution in [0.2, 0.25) is 0 Å². The number of hydrogen-bond donors (Lipinski definition) is 2. The van der Waals surface area contributed by atoms with Gasteiger partial charge >= 0.3 is 0 Å². The highest BCUT2D eigenvalue weighted by molar-refractivity contribution is 14.0. The zero-order valence-electron chi connectivity index (χ0n) is 15.2. The Hall–Kier alpha value is -0.0800. The minimum atomic E-state index is 0. The predicted octanol–water partition coefficient (Wildman–Crippen LogP) is 1.99. The molecule has 23 heavy (non-hydrogen) atoms. The SMILES string of the molecule is CCN1CCCC1CNC(=NC)NCCN1CCCC(C)C1.I. The summed E-state index contributed by atoms with van der Waals surface area (Å²) in [7, 11) is 1.87. The highest BCUT2D eigenvalue weighted by atomic mass is 127. The van der Waals surface area contributed by atoms with Crippen molar-refractivity contribution in [1.82, 2.24) is 20.4 Å². The average Bonchev–Trinajstić information content (AvgIpc) is 2.98. The molecule has 5 nitrogen and oxygen atoms in total. The van der Waals surface area contributed by atoms with Crippen molar-refractivity contribution in [2.45, 2.75) is 45.6 Å². The summed E-state index contributed by atoms with van der Waals surface area (Å²) >= 11 is 0. The molecule has 2 N–H and O–H groups in total. The number of rotatable bonds is 6. The van der Waals surface area contributed by atoms with Gasteiger partial charge in [-0.15, -0.1) is 24.0 Å². The van der Waals surface area contributed by atoms with Crippen LogP contribution in [0.1, 0.15) is 39.5 Å². The smallest absolute Gasteiger partial charge is 0.191 e. The molecular formula is C17H36IN5. The van der Waals surface area contributed by atoms with Crippen molar-refractivity contribution in [3.63, 3.8) is 0 Å². The van der Waals surface area contributed by atoms with Gasteiger partial charge in [0.05, 0.1) is 0 Å². The number of guanidine groups is 1. The average molecular weight is 437 g/mol. The second-order valence-corrected chi connectivity index (χ2v) is 6.85. The highest BCUT2D eigenvalue weighted by Gasteiger charge is 2.22. The largest absolute Gasteiger partial charge is 0.355 e. The Morgan fingerprint density at radius 2 is 1.96 bits per heavy atom. The lowest BCUT2D eigenvalue weighted by molar-refractivity contribution is 0.186. The standard InChI is InChI=1S/C17H35N5.HI/c1-4-22-11-6-8-16(22)13-20-17(18-3)19-9-12-21-10-5-7-15(2)14-21;/h15-16H,4-14H2,1-3H3,(H2,18,19,20);1H. The molecule has 2 atom stereocenters. The predicted molar refractivity (Wildman–Crippen MR) is 110 cm³/mol. The van der Waals surface area contributed by atoms with Gasteiger partial charge in [0.25, 0.3) is 0 Å². The molecular weight excluding hydrogens is 401 g/mol. The molecule has 2 unspecified atom stereocenters. The van der Waals surface area contributed by atoms with E-state index >= 15 is 0 Å². The third-order valence-corrected chi connectivity index (χ3v) is 5.10. The first-order valence-corrected chi connectivity index (χ1v) is 9.13. The number of piperidine rings is 1. The van der Waals surface area contributed by atoms with E-state index in [1.54, 1.807) is 0 Å². The van der Waals surface area contributed by atoms with Crippen LogP contribution >= 0.6 is 24.0 Å². The fourth-order valence-electron chi connectivity index (χ4n) is 3.80. The van der Waals surface area contributed by atoms with Crippen LogP contribution < -0.4 is 10.6 Å². The molecule has 0 bridgehead atoms. The van der Waals surface area contributed by atoms with Gasteiger partial charge in [0.2, 0.25) is 0 Å². The first kappa shape index (κ1) is 21.0. The van der Waals surface area contributed by atoms with Crippen LogP contribution in [-0.4, -0.2) is 74.7 Å². The van der Waals surface area contributed by atoms with Crippen molar-refractivity contribution in [1.29, 1.82) is 0 Å². The van der Waals surface area contributed by atoms with Crippen LogP contribution in [-0.2, 0) is 0 Å². The molecule has 2 aliphatic heterocycles. The fraction of sp³-hybridized carbons (Fsp3) is 0.941.